The van der Waals surface area contributed by atoms with Gasteiger partial charge in [0, 0.05) is 49.4 Å². The second-order valence-electron chi connectivity index (χ2n) is 26.8. The molecule has 0 aliphatic rings. The molecule has 406 valence electrons. The molecule has 0 saturated heterocycles. The van der Waals surface area contributed by atoms with E-state index >= 15 is 0 Å². The van der Waals surface area contributed by atoms with E-state index < -0.39 is 0 Å². The van der Waals surface area contributed by atoms with Gasteiger partial charge in [0.25, 0.3) is 0 Å². The topological polar surface area (TPSA) is 52.9 Å². The Labute approximate surface area is 484 Å². The van der Waals surface area contributed by atoms with E-state index in [9.17, 15) is 0 Å². The minimum absolute atomic E-state index is 0.131. The van der Waals surface area contributed by atoms with Crippen molar-refractivity contribution in [3.05, 3.63) is 227 Å². The lowest BCUT2D eigenvalue weighted by Crippen LogP contribution is -2.17. The van der Waals surface area contributed by atoms with Crippen LogP contribution in [0.25, 0.3) is 116 Å². The standard InChI is InChI=1S/C76H72N6/c1-46-24-32-66-60(36-46)58-20-16-18-22-64(58)81(66)68-34-28-49(48-26-30-57(77-15)31-27-48)42-62(68)63-43-50(29-35-69(63)82-65-23-19-17-21-59(65)61-37-47(2)25-33-67(61)82)70-78-71(51-38-53(73(3,4)5)44-54(39-51)74(6,7)8)80-72(79-70)52-40-55(75(9,10)11)45-56(41-52)76(12,13)14/h16-45H,1-14H3. The van der Waals surface area contributed by atoms with Crippen molar-refractivity contribution < 1.29 is 0 Å². The number of fused-ring (bicyclic) bond motifs is 6. The van der Waals surface area contributed by atoms with Crippen LogP contribution in [0.3, 0.4) is 0 Å². The first-order chi connectivity index (χ1) is 38.9. The first kappa shape index (κ1) is 53.7. The average Bonchev–Trinajstić information content (AvgIpc) is 4.16. The van der Waals surface area contributed by atoms with Gasteiger partial charge in [0.2, 0.25) is 0 Å². The fourth-order valence-electron chi connectivity index (χ4n) is 11.6. The SMILES string of the molecule is [C-]#[N+]c1ccc(-c2ccc(-n3c4ccccc4c4cc(C)ccc43)c(-c3cc(-c4nc(-c5cc(C(C)(C)C)cc(C(C)(C)C)c5)nc(-c5cc(C(C)(C)C)cc(C(C)(C)C)c5)n4)ccc3-n3c4ccccc4c4cc(C)ccc43)c2)cc1. The Morgan fingerprint density at radius 1 is 0.329 bits per heavy atom. The lowest BCUT2D eigenvalue weighted by Gasteiger charge is -2.26. The van der Waals surface area contributed by atoms with Crippen LogP contribution in [0.2, 0.25) is 0 Å². The molecule has 0 amide bonds. The molecule has 3 aromatic heterocycles. The van der Waals surface area contributed by atoms with Gasteiger partial charge in [-0.2, -0.15) is 0 Å². The maximum atomic E-state index is 7.79. The lowest BCUT2D eigenvalue weighted by molar-refractivity contribution is 0.568. The number of benzene rings is 9. The molecule has 0 spiro atoms. The molecule has 0 unspecified atom stereocenters. The Hall–Kier alpha value is -8.92. The molecule has 0 saturated carbocycles. The number of aromatic nitrogens is 5. The highest BCUT2D eigenvalue weighted by Gasteiger charge is 2.27. The smallest absolute Gasteiger partial charge is 0.187 e. The van der Waals surface area contributed by atoms with Crippen molar-refractivity contribution in [1.82, 2.24) is 24.1 Å². The maximum absolute atomic E-state index is 7.79. The van der Waals surface area contributed by atoms with Gasteiger partial charge in [-0.1, -0.05) is 185 Å². The summed E-state index contributed by atoms with van der Waals surface area (Å²) in [7, 11) is 0. The monoisotopic (exact) mass is 1070 g/mol. The van der Waals surface area contributed by atoms with E-state index in [-0.39, 0.29) is 21.7 Å². The zero-order valence-electron chi connectivity index (χ0n) is 50.0. The van der Waals surface area contributed by atoms with Gasteiger partial charge in [0.15, 0.2) is 23.2 Å². The molecule has 12 aromatic rings. The summed E-state index contributed by atoms with van der Waals surface area (Å²) in [5.41, 5.74) is 20.8. The van der Waals surface area contributed by atoms with Crippen LogP contribution in [-0.2, 0) is 21.7 Å². The molecule has 0 aliphatic carbocycles. The van der Waals surface area contributed by atoms with Crippen LogP contribution in [0.1, 0.15) is 116 Å². The van der Waals surface area contributed by atoms with Gasteiger partial charge in [-0.25, -0.2) is 19.8 Å². The second-order valence-corrected chi connectivity index (χ2v) is 26.8. The summed E-state index contributed by atoms with van der Waals surface area (Å²) in [5.74, 6) is 1.84. The number of hydrogen-bond acceptors (Lipinski definition) is 3. The van der Waals surface area contributed by atoms with Crippen molar-refractivity contribution in [2.24, 2.45) is 0 Å². The third kappa shape index (κ3) is 9.76. The van der Waals surface area contributed by atoms with E-state index in [1.54, 1.807) is 0 Å². The van der Waals surface area contributed by atoms with Gasteiger partial charge in [0.1, 0.15) is 0 Å². The van der Waals surface area contributed by atoms with Crippen LogP contribution in [0, 0.1) is 20.4 Å². The molecule has 6 nitrogen and oxygen atoms in total. The zero-order chi connectivity index (χ0) is 57.8. The van der Waals surface area contributed by atoms with Crippen LogP contribution in [0.5, 0.6) is 0 Å². The number of nitrogens with zero attached hydrogens (tertiary/aromatic N) is 6. The third-order valence-electron chi connectivity index (χ3n) is 16.5. The van der Waals surface area contributed by atoms with E-state index in [1.165, 1.54) is 54.9 Å². The molecule has 12 rings (SSSR count). The van der Waals surface area contributed by atoms with Gasteiger partial charge in [-0.3, -0.25) is 0 Å². The van der Waals surface area contributed by atoms with Crippen molar-refractivity contribution >= 4 is 49.3 Å². The number of rotatable bonds is 7. The normalized spacial score (nSPS) is 12.5. The lowest BCUT2D eigenvalue weighted by atomic mass is 9.79. The summed E-state index contributed by atoms with van der Waals surface area (Å²) in [6, 6.07) is 66.7. The molecular formula is C76H72N6. The van der Waals surface area contributed by atoms with Gasteiger partial charge in [0.05, 0.1) is 40.0 Å². The molecular weight excluding hydrogens is 997 g/mol. The highest BCUT2D eigenvalue weighted by molar-refractivity contribution is 6.12. The van der Waals surface area contributed by atoms with E-state index in [1.807, 2.05) is 12.1 Å². The molecule has 0 atom stereocenters. The van der Waals surface area contributed by atoms with Crippen molar-refractivity contribution in [3.63, 3.8) is 0 Å². The summed E-state index contributed by atoms with van der Waals surface area (Å²) >= 11 is 0. The molecule has 3 heterocycles. The van der Waals surface area contributed by atoms with Crippen molar-refractivity contribution in [3.8, 4) is 67.8 Å². The number of aryl methyl sites for hydroxylation is 2. The summed E-state index contributed by atoms with van der Waals surface area (Å²) in [5, 5.41) is 4.78. The summed E-state index contributed by atoms with van der Waals surface area (Å²) in [6.07, 6.45) is 0. The quantitative estimate of drug-likeness (QED) is 0.149. The second kappa shape index (κ2) is 19.7. The first-order valence-electron chi connectivity index (χ1n) is 28.8. The first-order valence-corrected chi connectivity index (χ1v) is 28.8. The Balaban J connectivity index is 1.22. The van der Waals surface area contributed by atoms with Crippen molar-refractivity contribution in [2.75, 3.05) is 0 Å². The van der Waals surface area contributed by atoms with Crippen molar-refractivity contribution in [1.29, 1.82) is 0 Å². The number of para-hydroxylation sites is 2. The minimum atomic E-state index is -0.131. The highest BCUT2D eigenvalue weighted by Crippen LogP contribution is 2.45. The molecule has 0 N–H and O–H groups in total. The molecule has 9 aromatic carbocycles. The fraction of sp³-hybridized carbons (Fsp3) is 0.237. The summed E-state index contributed by atoms with van der Waals surface area (Å²) in [4.78, 5) is 20.5. The van der Waals surface area contributed by atoms with Crippen LogP contribution < -0.4 is 0 Å². The molecule has 82 heavy (non-hydrogen) atoms. The van der Waals surface area contributed by atoms with Gasteiger partial charge < -0.3 is 9.13 Å². The Morgan fingerprint density at radius 2 is 0.683 bits per heavy atom. The summed E-state index contributed by atoms with van der Waals surface area (Å²) in [6.45, 7) is 39.5. The van der Waals surface area contributed by atoms with Crippen LogP contribution in [0.15, 0.2) is 182 Å². The van der Waals surface area contributed by atoms with E-state index in [4.69, 9.17) is 21.5 Å². The fourth-order valence-corrected chi connectivity index (χ4v) is 11.6. The zero-order valence-corrected chi connectivity index (χ0v) is 50.0. The van der Waals surface area contributed by atoms with Crippen molar-refractivity contribution in [2.45, 2.75) is 119 Å². The minimum Gasteiger partial charge on any atom is -0.309 e. The largest absolute Gasteiger partial charge is 0.309 e. The average molecular weight is 1070 g/mol. The van der Waals surface area contributed by atoms with E-state index in [2.05, 4.69) is 281 Å². The third-order valence-corrected chi connectivity index (χ3v) is 16.5. The number of hydrogen-bond donors (Lipinski definition) is 0. The predicted octanol–water partition coefficient (Wildman–Crippen LogP) is 20.8. The maximum Gasteiger partial charge on any atom is 0.187 e. The molecule has 0 fully saturated rings. The Kier molecular flexibility index (Phi) is 12.9. The van der Waals surface area contributed by atoms with Crippen LogP contribution in [0.4, 0.5) is 5.69 Å². The Bertz CT molecular complexity index is 4410. The molecule has 0 radical (unpaired) electrons. The van der Waals surface area contributed by atoms with Gasteiger partial charge in [-0.05, 0) is 160 Å². The molecule has 6 heteroatoms. The predicted molar refractivity (Wildman–Crippen MR) is 346 cm³/mol. The van der Waals surface area contributed by atoms with Crippen LogP contribution in [-0.4, -0.2) is 24.1 Å². The Morgan fingerprint density at radius 3 is 1.09 bits per heavy atom. The van der Waals surface area contributed by atoms with Crippen LogP contribution >= 0.6 is 0 Å². The highest BCUT2D eigenvalue weighted by atomic mass is 15.0. The summed E-state index contributed by atoms with van der Waals surface area (Å²) < 4.78 is 4.89. The molecule has 0 aliphatic heterocycles. The van der Waals surface area contributed by atoms with Gasteiger partial charge in [-0.15, -0.1) is 0 Å². The van der Waals surface area contributed by atoms with Gasteiger partial charge >= 0.3 is 0 Å². The van der Waals surface area contributed by atoms with E-state index in [0.717, 1.165) is 72.4 Å². The molecule has 0 bridgehead atoms. The van der Waals surface area contributed by atoms with E-state index in [0.29, 0.717) is 23.2 Å².